The molecule has 27 heavy (non-hydrogen) atoms. The molecule has 1 aliphatic carbocycles. The van der Waals surface area contributed by atoms with Gasteiger partial charge in [0, 0.05) is 11.1 Å². The van der Waals surface area contributed by atoms with Crippen LogP contribution in [0.15, 0.2) is 36.4 Å². The Labute approximate surface area is 159 Å². The molecule has 0 spiro atoms. The fourth-order valence-corrected chi connectivity index (χ4v) is 3.96. The third-order valence-electron chi connectivity index (χ3n) is 5.38. The number of hydrogen-bond donors (Lipinski definition) is 4. The van der Waals surface area contributed by atoms with Crippen molar-refractivity contribution in [1.29, 1.82) is 0 Å². The first-order valence-electron chi connectivity index (χ1n) is 9.04. The number of methoxy groups -OCH3 is 1. The van der Waals surface area contributed by atoms with Gasteiger partial charge < -0.3 is 25.2 Å². The molecule has 0 aromatic heterocycles. The van der Waals surface area contributed by atoms with E-state index in [0.29, 0.717) is 40.0 Å². The van der Waals surface area contributed by atoms with E-state index in [-0.39, 0.29) is 19.8 Å². The Balaban J connectivity index is 2.27. The lowest BCUT2D eigenvalue weighted by atomic mass is 9.81. The minimum Gasteiger partial charge on any atom is -0.496 e. The molecular weight excluding hydrogens is 344 g/mol. The van der Waals surface area contributed by atoms with Gasteiger partial charge in [0.05, 0.1) is 26.9 Å². The lowest BCUT2D eigenvalue weighted by Crippen LogP contribution is -2.26. The van der Waals surface area contributed by atoms with Gasteiger partial charge in [-0.25, -0.2) is 0 Å². The molecule has 0 fully saturated rings. The van der Waals surface area contributed by atoms with Crippen molar-refractivity contribution in [2.75, 3.05) is 7.11 Å². The van der Waals surface area contributed by atoms with E-state index in [1.54, 1.807) is 25.3 Å². The van der Waals surface area contributed by atoms with Gasteiger partial charge in [-0.3, -0.25) is 0 Å². The van der Waals surface area contributed by atoms with Crippen LogP contribution in [0.3, 0.4) is 0 Å². The van der Waals surface area contributed by atoms with Gasteiger partial charge in [-0.1, -0.05) is 24.3 Å². The summed E-state index contributed by atoms with van der Waals surface area (Å²) in [5.41, 5.74) is 3.56. The smallest absolute Gasteiger partial charge is 0.134 e. The van der Waals surface area contributed by atoms with Crippen LogP contribution in [0.1, 0.15) is 45.4 Å². The summed E-state index contributed by atoms with van der Waals surface area (Å²) in [7, 11) is 1.57. The first kappa shape index (κ1) is 19.6. The molecule has 3 rings (SSSR count). The monoisotopic (exact) mass is 370 g/mol. The van der Waals surface area contributed by atoms with Crippen molar-refractivity contribution < 1.29 is 25.2 Å². The fourth-order valence-electron chi connectivity index (χ4n) is 3.96. The average molecular weight is 370 g/mol. The highest BCUT2D eigenvalue weighted by Crippen LogP contribution is 2.42. The lowest BCUT2D eigenvalue weighted by Gasteiger charge is -2.30. The number of aryl methyl sites for hydroxylation is 1. The third kappa shape index (κ3) is 3.28. The molecule has 0 bridgehead atoms. The highest BCUT2D eigenvalue weighted by Gasteiger charge is 2.35. The van der Waals surface area contributed by atoms with Crippen LogP contribution in [0.25, 0.3) is 0 Å². The molecule has 0 heterocycles. The van der Waals surface area contributed by atoms with Gasteiger partial charge in [-0.2, -0.15) is 0 Å². The Morgan fingerprint density at radius 3 is 2.41 bits per heavy atom. The van der Waals surface area contributed by atoms with Crippen molar-refractivity contribution in [3.8, 4) is 5.75 Å². The second-order valence-corrected chi connectivity index (χ2v) is 6.90. The molecule has 5 heteroatoms. The summed E-state index contributed by atoms with van der Waals surface area (Å²) < 4.78 is 5.55. The fraction of sp³-hybridized carbons (Fsp3) is 0.364. The maximum atomic E-state index is 11.7. The third-order valence-corrected chi connectivity index (χ3v) is 5.38. The second kappa shape index (κ2) is 7.82. The van der Waals surface area contributed by atoms with Gasteiger partial charge in [0.2, 0.25) is 0 Å². The van der Waals surface area contributed by atoms with E-state index in [1.165, 1.54) is 0 Å². The molecule has 5 nitrogen and oxygen atoms in total. The maximum absolute atomic E-state index is 11.7. The number of rotatable bonds is 5. The summed E-state index contributed by atoms with van der Waals surface area (Å²) in [5, 5.41) is 40.7. The van der Waals surface area contributed by atoms with Crippen molar-refractivity contribution in [2.24, 2.45) is 0 Å². The Morgan fingerprint density at radius 2 is 1.78 bits per heavy atom. The number of aliphatic hydroxyl groups excluding tert-OH is 3. The predicted molar refractivity (Wildman–Crippen MR) is 102 cm³/mol. The van der Waals surface area contributed by atoms with E-state index in [2.05, 4.69) is 0 Å². The van der Waals surface area contributed by atoms with Crippen LogP contribution in [0.2, 0.25) is 0 Å². The molecule has 1 aliphatic rings. The number of hydrogen-bond acceptors (Lipinski definition) is 5. The van der Waals surface area contributed by atoms with Crippen molar-refractivity contribution in [3.63, 3.8) is 0 Å². The van der Waals surface area contributed by atoms with Crippen LogP contribution < -0.4 is 4.74 Å². The second-order valence-electron chi connectivity index (χ2n) is 6.90. The molecule has 2 aromatic carbocycles. The van der Waals surface area contributed by atoms with E-state index in [9.17, 15) is 20.4 Å². The minimum absolute atomic E-state index is 0.138. The molecular formula is C22H26O5. The summed E-state index contributed by atoms with van der Waals surface area (Å²) in [5.74, 6) is 0.600. The standard InChI is InChI=1S/C22H26O5/c1-14-9-17(10-16(12-24)19(14)13-25)22(26)8-4-3-5-18-20(22)7-6-15(11-23)21(18)27-2/h4,6-10,23-26H,3,5,11-13H2,1-2H3. The molecule has 0 radical (unpaired) electrons. The molecule has 144 valence electrons. The van der Waals surface area contributed by atoms with Gasteiger partial charge in [0.1, 0.15) is 11.4 Å². The average Bonchev–Trinajstić information content (AvgIpc) is 2.86. The van der Waals surface area contributed by atoms with E-state index in [0.717, 1.165) is 17.5 Å². The van der Waals surface area contributed by atoms with E-state index in [1.807, 2.05) is 25.1 Å². The van der Waals surface area contributed by atoms with Gasteiger partial charge in [-0.05, 0) is 59.7 Å². The van der Waals surface area contributed by atoms with Gasteiger partial charge in [0.15, 0.2) is 0 Å². The summed E-state index contributed by atoms with van der Waals surface area (Å²) in [6, 6.07) is 7.18. The summed E-state index contributed by atoms with van der Waals surface area (Å²) in [6.45, 7) is 1.33. The van der Waals surface area contributed by atoms with E-state index >= 15 is 0 Å². The lowest BCUT2D eigenvalue weighted by molar-refractivity contribution is 0.133. The Bertz CT molecular complexity index is 871. The summed E-state index contributed by atoms with van der Waals surface area (Å²) in [4.78, 5) is 0. The zero-order valence-electron chi connectivity index (χ0n) is 15.7. The van der Waals surface area contributed by atoms with Crippen LogP contribution in [-0.2, 0) is 31.8 Å². The minimum atomic E-state index is -1.39. The first-order valence-corrected chi connectivity index (χ1v) is 9.04. The molecule has 0 aliphatic heterocycles. The SMILES string of the molecule is COc1c(CO)ccc2c1CCC=CC2(O)c1cc(C)c(CO)c(CO)c1. The predicted octanol–water partition coefficient (Wildman–Crippen LogP) is 2.22. The molecule has 2 aromatic rings. The molecule has 0 amide bonds. The largest absolute Gasteiger partial charge is 0.496 e. The normalized spacial score (nSPS) is 18.9. The van der Waals surface area contributed by atoms with Crippen LogP contribution in [-0.4, -0.2) is 27.5 Å². The molecule has 1 unspecified atom stereocenters. The van der Waals surface area contributed by atoms with Crippen molar-refractivity contribution in [1.82, 2.24) is 0 Å². The van der Waals surface area contributed by atoms with Crippen molar-refractivity contribution in [3.05, 3.63) is 75.4 Å². The van der Waals surface area contributed by atoms with Crippen LogP contribution in [0.4, 0.5) is 0 Å². The topological polar surface area (TPSA) is 90.2 Å². The number of fused-ring (bicyclic) bond motifs is 1. The van der Waals surface area contributed by atoms with E-state index in [4.69, 9.17) is 4.74 Å². The zero-order chi connectivity index (χ0) is 19.6. The molecule has 1 atom stereocenters. The first-order chi connectivity index (χ1) is 13.0. The van der Waals surface area contributed by atoms with Gasteiger partial charge in [-0.15, -0.1) is 0 Å². The Kier molecular flexibility index (Phi) is 5.67. The van der Waals surface area contributed by atoms with Crippen LogP contribution in [0, 0.1) is 6.92 Å². The Hall–Kier alpha value is -2.18. The highest BCUT2D eigenvalue weighted by atomic mass is 16.5. The Morgan fingerprint density at radius 1 is 1.04 bits per heavy atom. The van der Waals surface area contributed by atoms with E-state index < -0.39 is 5.60 Å². The van der Waals surface area contributed by atoms with Crippen molar-refractivity contribution >= 4 is 0 Å². The summed E-state index contributed by atoms with van der Waals surface area (Å²) in [6.07, 6.45) is 5.13. The van der Waals surface area contributed by atoms with Crippen molar-refractivity contribution in [2.45, 2.75) is 45.2 Å². The highest BCUT2D eigenvalue weighted by molar-refractivity contribution is 5.56. The molecule has 0 saturated heterocycles. The quantitative estimate of drug-likeness (QED) is 0.606. The van der Waals surface area contributed by atoms with Gasteiger partial charge >= 0.3 is 0 Å². The number of benzene rings is 2. The number of allylic oxidation sites excluding steroid dienone is 1. The zero-order valence-corrected chi connectivity index (χ0v) is 15.7. The number of ether oxygens (including phenoxy) is 1. The van der Waals surface area contributed by atoms with Crippen LogP contribution in [0.5, 0.6) is 5.75 Å². The summed E-state index contributed by atoms with van der Waals surface area (Å²) >= 11 is 0. The maximum Gasteiger partial charge on any atom is 0.134 e. The van der Waals surface area contributed by atoms with Gasteiger partial charge in [0.25, 0.3) is 0 Å². The molecule has 0 saturated carbocycles. The molecule has 4 N–H and O–H groups in total. The number of aliphatic hydroxyl groups is 4. The van der Waals surface area contributed by atoms with Crippen LogP contribution >= 0.6 is 0 Å².